The average molecular weight is 243 g/mol. The summed E-state index contributed by atoms with van der Waals surface area (Å²) in [5.74, 6) is 0.707. The van der Waals surface area contributed by atoms with Crippen molar-refractivity contribution in [2.75, 3.05) is 47.4 Å². The van der Waals surface area contributed by atoms with Gasteiger partial charge in [0.05, 0.1) is 0 Å². The lowest BCUT2D eigenvalue weighted by Gasteiger charge is -2.38. The van der Waals surface area contributed by atoms with Gasteiger partial charge in [-0.3, -0.25) is 4.90 Å². The van der Waals surface area contributed by atoms with Gasteiger partial charge in [-0.05, 0) is 33.4 Å². The van der Waals surface area contributed by atoms with Crippen molar-refractivity contribution in [2.24, 2.45) is 11.7 Å². The number of hydrogen-bond acceptors (Lipinski definition) is 4. The molecule has 0 saturated carbocycles. The third kappa shape index (κ3) is 3.41. The van der Waals surface area contributed by atoms with Crippen molar-refractivity contribution in [2.45, 2.75) is 31.8 Å². The van der Waals surface area contributed by atoms with E-state index in [1.807, 2.05) is 0 Å². The molecule has 17 heavy (non-hydrogen) atoms. The molecule has 0 aromatic heterocycles. The van der Waals surface area contributed by atoms with Gasteiger partial charge in [0.25, 0.3) is 0 Å². The largest absolute Gasteiger partial charge is 0.385 e. The molecule has 1 aliphatic rings. The second kappa shape index (κ2) is 6.14. The molecule has 1 fully saturated rings. The lowest BCUT2D eigenvalue weighted by molar-refractivity contribution is 0.0816. The maximum Gasteiger partial charge on any atom is 0.0480 e. The highest BCUT2D eigenvalue weighted by molar-refractivity contribution is 4.96. The fourth-order valence-electron chi connectivity index (χ4n) is 2.77. The summed E-state index contributed by atoms with van der Waals surface area (Å²) in [4.78, 5) is 4.87. The molecule has 1 aliphatic heterocycles. The number of rotatable bonds is 6. The zero-order valence-electron chi connectivity index (χ0n) is 12.1. The van der Waals surface area contributed by atoms with Crippen molar-refractivity contribution in [1.29, 1.82) is 0 Å². The van der Waals surface area contributed by atoms with Gasteiger partial charge < -0.3 is 15.4 Å². The monoisotopic (exact) mass is 243 g/mol. The molecule has 0 aromatic rings. The SMILES string of the molecule is COCCC(C)(CN)N1CC(C)C(N(C)C)C1. The lowest BCUT2D eigenvalue weighted by atomic mass is 9.96. The minimum absolute atomic E-state index is 0.0784. The summed E-state index contributed by atoms with van der Waals surface area (Å²) in [6.07, 6.45) is 1.01. The standard InChI is InChI=1S/C13H29N3O/c1-11-8-16(9-12(11)15(3)4)13(2,10-14)6-7-17-5/h11-12H,6-10,14H2,1-5H3. The molecule has 1 saturated heterocycles. The first-order valence-electron chi connectivity index (χ1n) is 6.55. The van der Waals surface area contributed by atoms with Crippen LogP contribution in [0.15, 0.2) is 0 Å². The molecule has 3 atom stereocenters. The number of hydrogen-bond donors (Lipinski definition) is 1. The Morgan fingerprint density at radius 1 is 1.41 bits per heavy atom. The van der Waals surface area contributed by atoms with Crippen LogP contribution in [0.2, 0.25) is 0 Å². The van der Waals surface area contributed by atoms with Crippen LogP contribution in [0.5, 0.6) is 0 Å². The van der Waals surface area contributed by atoms with Crippen molar-refractivity contribution >= 4 is 0 Å². The first-order valence-corrected chi connectivity index (χ1v) is 6.55. The normalized spacial score (nSPS) is 29.8. The van der Waals surface area contributed by atoms with Crippen LogP contribution in [0.1, 0.15) is 20.3 Å². The van der Waals surface area contributed by atoms with Crippen LogP contribution in [0.25, 0.3) is 0 Å². The average Bonchev–Trinajstić information content (AvgIpc) is 2.69. The molecule has 0 spiro atoms. The van der Waals surface area contributed by atoms with Gasteiger partial charge in [-0.15, -0.1) is 0 Å². The predicted molar refractivity (Wildman–Crippen MR) is 72.2 cm³/mol. The van der Waals surface area contributed by atoms with Gasteiger partial charge >= 0.3 is 0 Å². The fraction of sp³-hybridized carbons (Fsp3) is 1.00. The highest BCUT2D eigenvalue weighted by Gasteiger charge is 2.39. The number of ether oxygens (including phenoxy) is 1. The highest BCUT2D eigenvalue weighted by atomic mass is 16.5. The Balaban J connectivity index is 2.65. The molecule has 2 N–H and O–H groups in total. The van der Waals surface area contributed by atoms with Crippen molar-refractivity contribution in [3.05, 3.63) is 0 Å². The zero-order chi connectivity index (χ0) is 13.1. The first-order chi connectivity index (χ1) is 7.94. The van der Waals surface area contributed by atoms with Crippen molar-refractivity contribution in [3.8, 4) is 0 Å². The Hall–Kier alpha value is -0.160. The van der Waals surface area contributed by atoms with Gasteiger partial charge in [0, 0.05) is 44.9 Å². The van der Waals surface area contributed by atoms with Crippen molar-refractivity contribution in [1.82, 2.24) is 9.80 Å². The molecule has 4 nitrogen and oxygen atoms in total. The highest BCUT2D eigenvalue weighted by Crippen LogP contribution is 2.28. The lowest BCUT2D eigenvalue weighted by Crippen LogP contribution is -2.52. The Morgan fingerprint density at radius 3 is 2.47 bits per heavy atom. The third-order valence-corrected chi connectivity index (χ3v) is 4.28. The molecule has 102 valence electrons. The summed E-state index contributed by atoms with van der Waals surface area (Å²) in [5.41, 5.74) is 6.06. The van der Waals surface area contributed by atoms with Crippen LogP contribution < -0.4 is 5.73 Å². The topological polar surface area (TPSA) is 41.7 Å². The molecule has 1 heterocycles. The minimum atomic E-state index is 0.0784. The Morgan fingerprint density at radius 2 is 2.06 bits per heavy atom. The summed E-state index contributed by atoms with van der Waals surface area (Å²) in [7, 11) is 6.09. The summed E-state index contributed by atoms with van der Waals surface area (Å²) < 4.78 is 5.21. The quantitative estimate of drug-likeness (QED) is 0.743. The van der Waals surface area contributed by atoms with Gasteiger partial charge in [0.2, 0.25) is 0 Å². The number of nitrogens with zero attached hydrogens (tertiary/aromatic N) is 2. The molecule has 0 amide bonds. The van der Waals surface area contributed by atoms with E-state index in [9.17, 15) is 0 Å². The van der Waals surface area contributed by atoms with Crippen LogP contribution in [-0.2, 0) is 4.74 Å². The number of likely N-dealkylation sites (N-methyl/N-ethyl adjacent to an activating group) is 1. The van der Waals surface area contributed by atoms with Crippen LogP contribution >= 0.6 is 0 Å². The second-order valence-electron chi connectivity index (χ2n) is 5.86. The van der Waals surface area contributed by atoms with E-state index in [4.69, 9.17) is 10.5 Å². The smallest absolute Gasteiger partial charge is 0.0480 e. The summed E-state index contributed by atoms with van der Waals surface area (Å²) in [5, 5.41) is 0. The second-order valence-corrected chi connectivity index (χ2v) is 5.86. The minimum Gasteiger partial charge on any atom is -0.385 e. The predicted octanol–water partition coefficient (Wildman–Crippen LogP) is 0.622. The molecule has 0 aliphatic carbocycles. The molecule has 0 radical (unpaired) electrons. The van der Waals surface area contributed by atoms with Gasteiger partial charge in [0.15, 0.2) is 0 Å². The van der Waals surface area contributed by atoms with E-state index in [1.54, 1.807) is 7.11 Å². The van der Waals surface area contributed by atoms with Gasteiger partial charge in [-0.25, -0.2) is 0 Å². The molecular weight excluding hydrogens is 214 g/mol. The molecule has 3 unspecified atom stereocenters. The summed E-state index contributed by atoms with van der Waals surface area (Å²) >= 11 is 0. The summed E-state index contributed by atoms with van der Waals surface area (Å²) in [6.45, 7) is 8.33. The number of methoxy groups -OCH3 is 1. The van der Waals surface area contributed by atoms with Crippen molar-refractivity contribution < 1.29 is 4.74 Å². The first kappa shape index (κ1) is 14.9. The Kier molecular flexibility index (Phi) is 5.38. The maximum absolute atomic E-state index is 5.98. The van der Waals surface area contributed by atoms with Gasteiger partial charge in [-0.1, -0.05) is 6.92 Å². The van der Waals surface area contributed by atoms with Crippen molar-refractivity contribution in [3.63, 3.8) is 0 Å². The third-order valence-electron chi connectivity index (χ3n) is 4.28. The Bertz CT molecular complexity index is 235. The van der Waals surface area contributed by atoms with Crippen LogP contribution in [0.4, 0.5) is 0 Å². The van der Waals surface area contributed by atoms with E-state index in [0.717, 1.165) is 26.1 Å². The van der Waals surface area contributed by atoms with E-state index in [-0.39, 0.29) is 5.54 Å². The molecular formula is C13H29N3O. The molecule has 4 heteroatoms. The van der Waals surface area contributed by atoms with Gasteiger partial charge in [-0.2, -0.15) is 0 Å². The van der Waals surface area contributed by atoms with E-state index in [0.29, 0.717) is 18.5 Å². The van der Waals surface area contributed by atoms with E-state index in [2.05, 4.69) is 37.7 Å². The molecule has 1 rings (SSSR count). The van der Waals surface area contributed by atoms with Crippen LogP contribution in [-0.4, -0.2) is 68.8 Å². The fourth-order valence-corrected chi connectivity index (χ4v) is 2.77. The maximum atomic E-state index is 5.98. The molecule has 0 aromatic carbocycles. The van der Waals surface area contributed by atoms with Crippen LogP contribution in [0.3, 0.4) is 0 Å². The van der Waals surface area contributed by atoms with E-state index < -0.39 is 0 Å². The number of nitrogens with two attached hydrogens (primary N) is 1. The van der Waals surface area contributed by atoms with E-state index in [1.165, 1.54) is 0 Å². The molecule has 0 bridgehead atoms. The van der Waals surface area contributed by atoms with Crippen LogP contribution in [0, 0.1) is 5.92 Å². The summed E-state index contributed by atoms with van der Waals surface area (Å²) in [6, 6.07) is 0.642. The van der Waals surface area contributed by atoms with Gasteiger partial charge in [0.1, 0.15) is 0 Å². The zero-order valence-corrected chi connectivity index (χ0v) is 12.1. The Labute approximate surface area is 106 Å². The number of likely N-dealkylation sites (tertiary alicyclic amines) is 1. The van der Waals surface area contributed by atoms with E-state index >= 15 is 0 Å².